The van der Waals surface area contributed by atoms with Gasteiger partial charge in [-0.15, -0.1) is 24.0 Å². The molecule has 1 N–H and O–H groups in total. The Hall–Kier alpha value is -1.09. The molecule has 30 heavy (non-hydrogen) atoms. The minimum atomic E-state index is 0. The Morgan fingerprint density at radius 3 is 2.77 bits per heavy atom. The maximum absolute atomic E-state index is 5.63. The highest BCUT2D eigenvalue weighted by Crippen LogP contribution is 2.43. The molecule has 7 heteroatoms. The Kier molecular flexibility index (Phi) is 8.62. The third-order valence-electron chi connectivity index (χ3n) is 6.77. The van der Waals surface area contributed by atoms with Crippen molar-refractivity contribution in [2.24, 2.45) is 10.4 Å². The number of nitrogens with zero attached hydrogens (tertiary/aromatic N) is 4. The molecule has 168 valence electrons. The van der Waals surface area contributed by atoms with Gasteiger partial charge in [-0.25, -0.2) is 9.98 Å². The molecule has 2 aliphatic heterocycles. The topological polar surface area (TPSA) is 53.0 Å². The van der Waals surface area contributed by atoms with E-state index in [-0.39, 0.29) is 30.1 Å². The molecule has 3 fully saturated rings. The van der Waals surface area contributed by atoms with Crippen molar-refractivity contribution in [2.45, 2.75) is 65.0 Å². The number of guanidine groups is 1. The molecule has 0 bridgehead atoms. The molecule has 0 amide bonds. The van der Waals surface area contributed by atoms with Gasteiger partial charge in [-0.05, 0) is 50.2 Å². The van der Waals surface area contributed by atoms with Crippen LogP contribution in [-0.4, -0.2) is 61.3 Å². The number of likely N-dealkylation sites (tertiary alicyclic amines) is 1. The summed E-state index contributed by atoms with van der Waals surface area (Å²) in [6.45, 7) is 10.8. The smallest absolute Gasteiger partial charge is 0.194 e. The SMILES string of the molecule is CCNC(=NCc1ccc(N2CCOC(C)C2)nc1)N1CCC2(CCCCC2)C1.I. The van der Waals surface area contributed by atoms with Crippen molar-refractivity contribution in [3.8, 4) is 0 Å². The quantitative estimate of drug-likeness (QED) is 0.364. The van der Waals surface area contributed by atoms with Gasteiger partial charge in [0, 0.05) is 38.9 Å². The van der Waals surface area contributed by atoms with E-state index in [1.807, 2.05) is 6.20 Å². The van der Waals surface area contributed by atoms with Gasteiger partial charge in [0.15, 0.2) is 5.96 Å². The number of ether oxygens (including phenoxy) is 1. The number of aromatic nitrogens is 1. The van der Waals surface area contributed by atoms with Gasteiger partial charge in [-0.1, -0.05) is 25.3 Å². The van der Waals surface area contributed by atoms with E-state index in [0.717, 1.165) is 50.1 Å². The molecule has 0 radical (unpaired) electrons. The summed E-state index contributed by atoms with van der Waals surface area (Å²) >= 11 is 0. The number of morpholine rings is 1. The van der Waals surface area contributed by atoms with Crippen molar-refractivity contribution < 1.29 is 4.74 Å². The minimum absolute atomic E-state index is 0. The lowest BCUT2D eigenvalue weighted by Gasteiger charge is -2.33. The van der Waals surface area contributed by atoms with E-state index in [2.05, 4.69) is 41.1 Å². The Morgan fingerprint density at radius 1 is 1.23 bits per heavy atom. The fourth-order valence-corrected chi connectivity index (χ4v) is 5.14. The zero-order chi connectivity index (χ0) is 20.1. The van der Waals surface area contributed by atoms with Crippen LogP contribution in [-0.2, 0) is 11.3 Å². The van der Waals surface area contributed by atoms with Crippen molar-refractivity contribution in [2.75, 3.05) is 44.2 Å². The second-order valence-corrected chi connectivity index (χ2v) is 9.05. The molecule has 1 spiro atoms. The van der Waals surface area contributed by atoms with Crippen molar-refractivity contribution in [3.05, 3.63) is 23.9 Å². The zero-order valence-corrected chi connectivity index (χ0v) is 20.9. The van der Waals surface area contributed by atoms with Crippen LogP contribution in [0.5, 0.6) is 0 Å². The molecule has 3 aliphatic rings. The summed E-state index contributed by atoms with van der Waals surface area (Å²) in [6, 6.07) is 4.30. The number of nitrogens with one attached hydrogen (secondary N) is 1. The van der Waals surface area contributed by atoms with Crippen LogP contribution in [0.4, 0.5) is 5.82 Å². The van der Waals surface area contributed by atoms with Gasteiger partial charge in [0.2, 0.25) is 0 Å². The Labute approximate surface area is 198 Å². The Morgan fingerprint density at radius 2 is 2.07 bits per heavy atom. The summed E-state index contributed by atoms with van der Waals surface area (Å²) in [7, 11) is 0. The lowest BCUT2D eigenvalue weighted by Crippen LogP contribution is -2.41. The molecule has 0 aromatic carbocycles. The van der Waals surface area contributed by atoms with Gasteiger partial charge < -0.3 is 19.9 Å². The summed E-state index contributed by atoms with van der Waals surface area (Å²) in [5.74, 6) is 2.11. The van der Waals surface area contributed by atoms with E-state index in [4.69, 9.17) is 14.7 Å². The van der Waals surface area contributed by atoms with Gasteiger partial charge in [0.1, 0.15) is 5.82 Å². The summed E-state index contributed by atoms with van der Waals surface area (Å²) in [4.78, 5) is 14.4. The highest BCUT2D eigenvalue weighted by molar-refractivity contribution is 14.0. The highest BCUT2D eigenvalue weighted by Gasteiger charge is 2.39. The standard InChI is InChI=1S/C23H37N5O.HI/c1-3-24-22(28-12-11-23(18-28)9-5-4-6-10-23)26-16-20-7-8-21(25-15-20)27-13-14-29-19(2)17-27;/h7-8,15,19H,3-6,9-14,16-18H2,1-2H3,(H,24,26);1H. The van der Waals surface area contributed by atoms with E-state index < -0.39 is 0 Å². The molecule has 6 nitrogen and oxygen atoms in total. The van der Waals surface area contributed by atoms with E-state index in [0.29, 0.717) is 12.0 Å². The van der Waals surface area contributed by atoms with E-state index in [9.17, 15) is 0 Å². The maximum Gasteiger partial charge on any atom is 0.194 e. The van der Waals surface area contributed by atoms with Crippen LogP contribution in [0.15, 0.2) is 23.3 Å². The van der Waals surface area contributed by atoms with Gasteiger partial charge in [-0.2, -0.15) is 0 Å². The first-order valence-corrected chi connectivity index (χ1v) is 11.5. The van der Waals surface area contributed by atoms with E-state index in [1.54, 1.807) is 0 Å². The van der Waals surface area contributed by atoms with E-state index >= 15 is 0 Å². The third kappa shape index (κ3) is 5.78. The molecule has 1 unspecified atom stereocenters. The largest absolute Gasteiger partial charge is 0.375 e. The fraction of sp³-hybridized carbons (Fsp3) is 0.739. The Balaban J connectivity index is 0.00000256. The fourth-order valence-electron chi connectivity index (χ4n) is 5.14. The number of aliphatic imine (C=N–C) groups is 1. The normalized spacial score (nSPS) is 24.1. The number of halogens is 1. The number of hydrogen-bond acceptors (Lipinski definition) is 4. The summed E-state index contributed by atoms with van der Waals surface area (Å²) in [6.07, 6.45) is 10.6. The predicted molar refractivity (Wildman–Crippen MR) is 134 cm³/mol. The monoisotopic (exact) mass is 527 g/mol. The van der Waals surface area contributed by atoms with Crippen LogP contribution in [0.2, 0.25) is 0 Å². The van der Waals surface area contributed by atoms with Crippen molar-refractivity contribution >= 4 is 35.8 Å². The van der Waals surface area contributed by atoms with Crippen molar-refractivity contribution in [1.82, 2.24) is 15.2 Å². The average molecular weight is 527 g/mol. The second-order valence-electron chi connectivity index (χ2n) is 9.05. The number of rotatable bonds is 4. The molecular formula is C23H38IN5O. The molecule has 1 saturated carbocycles. The number of anilines is 1. The van der Waals surface area contributed by atoms with Crippen LogP contribution in [0.3, 0.4) is 0 Å². The molecule has 3 heterocycles. The molecule has 1 aromatic rings. The van der Waals surface area contributed by atoms with Gasteiger partial charge in [0.25, 0.3) is 0 Å². The van der Waals surface area contributed by atoms with Gasteiger partial charge in [0.05, 0.1) is 19.3 Å². The summed E-state index contributed by atoms with van der Waals surface area (Å²) in [5.41, 5.74) is 1.71. The average Bonchev–Trinajstić information content (AvgIpc) is 3.15. The zero-order valence-electron chi connectivity index (χ0n) is 18.6. The summed E-state index contributed by atoms with van der Waals surface area (Å²) in [5, 5.41) is 3.52. The van der Waals surface area contributed by atoms with Crippen LogP contribution in [0.25, 0.3) is 0 Å². The number of pyridine rings is 1. The van der Waals surface area contributed by atoms with E-state index in [1.165, 1.54) is 45.1 Å². The third-order valence-corrected chi connectivity index (χ3v) is 6.77. The predicted octanol–water partition coefficient (Wildman–Crippen LogP) is 4.05. The van der Waals surface area contributed by atoms with Crippen molar-refractivity contribution in [1.29, 1.82) is 0 Å². The minimum Gasteiger partial charge on any atom is -0.375 e. The molecule has 2 saturated heterocycles. The first-order chi connectivity index (χ1) is 14.2. The highest BCUT2D eigenvalue weighted by atomic mass is 127. The first-order valence-electron chi connectivity index (χ1n) is 11.5. The lowest BCUT2D eigenvalue weighted by atomic mass is 9.73. The second kappa shape index (κ2) is 11.0. The lowest BCUT2D eigenvalue weighted by molar-refractivity contribution is 0.0529. The van der Waals surface area contributed by atoms with Gasteiger partial charge in [-0.3, -0.25) is 0 Å². The summed E-state index contributed by atoms with van der Waals surface area (Å²) < 4.78 is 5.63. The maximum atomic E-state index is 5.63. The Bertz CT molecular complexity index is 689. The van der Waals surface area contributed by atoms with Crippen LogP contribution in [0, 0.1) is 5.41 Å². The molecule has 4 rings (SSSR count). The van der Waals surface area contributed by atoms with Crippen molar-refractivity contribution in [3.63, 3.8) is 0 Å². The molecular weight excluding hydrogens is 489 g/mol. The van der Waals surface area contributed by atoms with Crippen LogP contribution < -0.4 is 10.2 Å². The molecule has 1 aromatic heterocycles. The van der Waals surface area contributed by atoms with Gasteiger partial charge >= 0.3 is 0 Å². The molecule has 1 aliphatic carbocycles. The molecule has 1 atom stereocenters. The number of hydrogen-bond donors (Lipinski definition) is 1. The van der Waals surface area contributed by atoms with Crippen LogP contribution >= 0.6 is 24.0 Å². The van der Waals surface area contributed by atoms with Crippen LogP contribution in [0.1, 0.15) is 57.9 Å². The first kappa shape index (κ1) is 23.6.